The summed E-state index contributed by atoms with van der Waals surface area (Å²) in [6.07, 6.45) is 5.32. The molecular formula is C26H26FN5O2. The van der Waals surface area contributed by atoms with Gasteiger partial charge in [-0.15, -0.1) is 0 Å². The third-order valence-electron chi connectivity index (χ3n) is 6.46. The minimum absolute atomic E-state index is 0.0154. The number of aromatic nitrogens is 2. The second-order valence-corrected chi connectivity index (χ2v) is 9.01. The van der Waals surface area contributed by atoms with Crippen molar-refractivity contribution in [2.45, 2.75) is 25.7 Å². The molecule has 1 aliphatic heterocycles. The molecule has 5 rings (SSSR count). The van der Waals surface area contributed by atoms with Gasteiger partial charge in [-0.05, 0) is 54.5 Å². The molecule has 0 radical (unpaired) electrons. The second-order valence-electron chi connectivity index (χ2n) is 9.01. The van der Waals surface area contributed by atoms with Gasteiger partial charge in [0, 0.05) is 31.1 Å². The van der Waals surface area contributed by atoms with Crippen LogP contribution in [0, 0.1) is 17.1 Å². The average Bonchev–Trinajstić information content (AvgIpc) is 3.67. The quantitative estimate of drug-likeness (QED) is 0.526. The molecule has 1 amide bonds. The number of likely N-dealkylation sites (tertiary alicyclic amines) is 1. The van der Waals surface area contributed by atoms with Crippen molar-refractivity contribution in [1.82, 2.24) is 20.4 Å². The van der Waals surface area contributed by atoms with Gasteiger partial charge in [0.15, 0.2) is 0 Å². The molecule has 1 aliphatic carbocycles. The van der Waals surface area contributed by atoms with Crippen molar-refractivity contribution in [1.29, 1.82) is 5.41 Å². The number of benzene rings is 2. The van der Waals surface area contributed by atoms with Gasteiger partial charge in [0.2, 0.25) is 0 Å². The Kier molecular flexibility index (Phi) is 5.96. The number of hydrogen-bond donors (Lipinski definition) is 3. The average molecular weight is 460 g/mol. The molecule has 3 N–H and O–H groups in total. The third kappa shape index (κ3) is 4.62. The highest BCUT2D eigenvalue weighted by Crippen LogP contribution is 2.27. The van der Waals surface area contributed by atoms with E-state index in [1.54, 1.807) is 24.3 Å². The predicted molar refractivity (Wildman–Crippen MR) is 129 cm³/mol. The van der Waals surface area contributed by atoms with Crippen molar-refractivity contribution >= 4 is 22.4 Å². The number of fused-ring (bicyclic) bond motifs is 1. The molecule has 3 aromatic rings. The van der Waals surface area contributed by atoms with Crippen LogP contribution in [0.2, 0.25) is 0 Å². The van der Waals surface area contributed by atoms with E-state index in [1.165, 1.54) is 23.8 Å². The summed E-state index contributed by atoms with van der Waals surface area (Å²) in [6, 6.07) is 11.6. The van der Waals surface area contributed by atoms with Crippen LogP contribution in [-0.4, -0.2) is 46.4 Å². The van der Waals surface area contributed by atoms with E-state index in [9.17, 15) is 14.0 Å². The van der Waals surface area contributed by atoms with Crippen LogP contribution in [0.25, 0.3) is 10.8 Å². The molecular weight excluding hydrogens is 433 g/mol. The maximum Gasteiger partial charge on any atom is 0.272 e. The maximum absolute atomic E-state index is 14.7. The van der Waals surface area contributed by atoms with Crippen molar-refractivity contribution in [3.8, 4) is 0 Å². The first-order chi connectivity index (χ1) is 16.5. The summed E-state index contributed by atoms with van der Waals surface area (Å²) >= 11 is 0. The van der Waals surface area contributed by atoms with E-state index in [4.69, 9.17) is 5.41 Å². The summed E-state index contributed by atoms with van der Waals surface area (Å²) in [4.78, 5) is 26.7. The summed E-state index contributed by atoms with van der Waals surface area (Å²) < 4.78 is 14.7. The number of rotatable bonds is 6. The molecule has 8 heteroatoms. The highest BCUT2D eigenvalue weighted by molar-refractivity contribution is 6.04. The molecule has 2 fully saturated rings. The van der Waals surface area contributed by atoms with Crippen LogP contribution in [-0.2, 0) is 6.42 Å². The Hall–Kier alpha value is -3.81. The maximum atomic E-state index is 14.7. The first-order valence-electron chi connectivity index (χ1n) is 11.5. The number of nitrogens with zero attached hydrogens (tertiary/aromatic N) is 2. The van der Waals surface area contributed by atoms with E-state index in [0.29, 0.717) is 41.7 Å². The fourth-order valence-corrected chi connectivity index (χ4v) is 4.30. The number of amides is 1. The topological polar surface area (TPSA) is 102 Å². The molecule has 7 nitrogen and oxygen atoms in total. The zero-order chi connectivity index (χ0) is 23.7. The first kappa shape index (κ1) is 22.0. The summed E-state index contributed by atoms with van der Waals surface area (Å²) in [5, 5.41) is 19.6. The van der Waals surface area contributed by atoms with E-state index in [-0.39, 0.29) is 17.7 Å². The van der Waals surface area contributed by atoms with E-state index in [2.05, 4.69) is 15.5 Å². The number of carbonyl (C=O) groups excluding carboxylic acids is 1. The molecule has 0 spiro atoms. The van der Waals surface area contributed by atoms with Gasteiger partial charge in [-0.25, -0.2) is 9.49 Å². The van der Waals surface area contributed by atoms with Crippen LogP contribution in [0.3, 0.4) is 0 Å². The van der Waals surface area contributed by atoms with E-state index < -0.39 is 11.7 Å². The molecule has 174 valence electrons. The Bertz CT molecular complexity index is 1360. The number of piperidine rings is 1. The molecule has 1 saturated heterocycles. The lowest BCUT2D eigenvalue weighted by Gasteiger charge is -2.29. The summed E-state index contributed by atoms with van der Waals surface area (Å²) in [5.41, 5.74) is 2.36. The lowest BCUT2D eigenvalue weighted by molar-refractivity contribution is 0.0770. The Morgan fingerprint density at radius 2 is 2.03 bits per heavy atom. The first-order valence-corrected chi connectivity index (χ1v) is 11.5. The Morgan fingerprint density at radius 3 is 2.79 bits per heavy atom. The van der Waals surface area contributed by atoms with Crippen molar-refractivity contribution in [3.63, 3.8) is 0 Å². The van der Waals surface area contributed by atoms with E-state index in [1.807, 2.05) is 18.3 Å². The lowest BCUT2D eigenvalue weighted by atomic mass is 9.99. The van der Waals surface area contributed by atoms with Crippen LogP contribution in [0.5, 0.6) is 0 Å². The molecule has 1 saturated carbocycles. The van der Waals surface area contributed by atoms with Crippen LogP contribution in [0.15, 0.2) is 59.0 Å². The van der Waals surface area contributed by atoms with Gasteiger partial charge in [0.1, 0.15) is 5.82 Å². The number of hydrogen-bond acceptors (Lipinski definition) is 5. The number of aromatic amines is 1. The Labute approximate surface area is 196 Å². The van der Waals surface area contributed by atoms with Gasteiger partial charge >= 0.3 is 0 Å². The number of H-pyrrole nitrogens is 1. The summed E-state index contributed by atoms with van der Waals surface area (Å²) in [6.45, 7) is 1.52. The van der Waals surface area contributed by atoms with Gasteiger partial charge in [-0.3, -0.25) is 9.59 Å². The molecule has 2 heterocycles. The van der Waals surface area contributed by atoms with Gasteiger partial charge in [0.05, 0.1) is 28.9 Å². The van der Waals surface area contributed by atoms with Crippen molar-refractivity contribution in [3.05, 3.63) is 87.2 Å². The fourth-order valence-electron chi connectivity index (χ4n) is 4.30. The molecule has 2 aromatic carbocycles. The van der Waals surface area contributed by atoms with Crippen molar-refractivity contribution < 1.29 is 9.18 Å². The van der Waals surface area contributed by atoms with Crippen LogP contribution < -0.4 is 10.9 Å². The van der Waals surface area contributed by atoms with Crippen LogP contribution in [0.1, 0.15) is 40.9 Å². The largest absolute Gasteiger partial charge is 0.390 e. The molecule has 1 aromatic heterocycles. The lowest BCUT2D eigenvalue weighted by Crippen LogP contribution is -2.41. The van der Waals surface area contributed by atoms with Crippen LogP contribution in [0.4, 0.5) is 4.39 Å². The zero-order valence-corrected chi connectivity index (χ0v) is 18.7. The van der Waals surface area contributed by atoms with Gasteiger partial charge < -0.3 is 15.6 Å². The van der Waals surface area contributed by atoms with Crippen LogP contribution >= 0.6 is 0 Å². The standard InChI is InChI=1S/C26H26FN5O2/c27-22-8-7-17(12-24-19-3-1-2-4-20(19)25(33)31-30-24)11-21(22)26(34)32-10-9-18(23(28)15-32)14-29-13-16-5-6-16/h1-4,7-8,11,14,16,28-29H,5-6,9-10,12-13,15H2,(H,31,33)/b18-14-,28-23?. The third-order valence-corrected chi connectivity index (χ3v) is 6.46. The smallest absolute Gasteiger partial charge is 0.272 e. The minimum atomic E-state index is -0.591. The van der Waals surface area contributed by atoms with E-state index in [0.717, 1.165) is 23.4 Å². The monoisotopic (exact) mass is 459 g/mol. The molecule has 2 aliphatic rings. The molecule has 34 heavy (non-hydrogen) atoms. The van der Waals surface area contributed by atoms with Gasteiger partial charge in [-0.2, -0.15) is 5.10 Å². The zero-order valence-electron chi connectivity index (χ0n) is 18.7. The molecule has 0 atom stereocenters. The van der Waals surface area contributed by atoms with E-state index >= 15 is 0 Å². The minimum Gasteiger partial charge on any atom is -0.390 e. The predicted octanol–water partition coefficient (Wildman–Crippen LogP) is 3.40. The van der Waals surface area contributed by atoms with Crippen molar-refractivity contribution in [2.75, 3.05) is 19.6 Å². The van der Waals surface area contributed by atoms with Crippen molar-refractivity contribution in [2.24, 2.45) is 5.92 Å². The fraction of sp³-hybridized carbons (Fsp3) is 0.308. The number of halogens is 1. The number of nitrogens with one attached hydrogen (secondary N) is 3. The Balaban J connectivity index is 1.32. The summed E-state index contributed by atoms with van der Waals surface area (Å²) in [5.74, 6) is -0.271. The van der Waals surface area contributed by atoms with Gasteiger partial charge in [0.25, 0.3) is 11.5 Å². The SMILES string of the molecule is N=C1CN(C(=O)c2cc(Cc3n[nH]c(=O)c4ccccc34)ccc2F)CC/C1=C/NCC1CC1. The highest BCUT2D eigenvalue weighted by Gasteiger charge is 2.26. The normalized spacial score (nSPS) is 17.4. The molecule has 0 bridgehead atoms. The molecule has 0 unspecified atom stereocenters. The summed E-state index contributed by atoms with van der Waals surface area (Å²) in [7, 11) is 0. The Morgan fingerprint density at radius 1 is 1.24 bits per heavy atom. The number of carbonyl (C=O) groups is 1. The highest BCUT2D eigenvalue weighted by atomic mass is 19.1. The second kappa shape index (κ2) is 9.21. The van der Waals surface area contributed by atoms with Gasteiger partial charge in [-0.1, -0.05) is 24.3 Å².